The number of nitrogens with zero attached hydrogens (tertiary/aromatic N) is 2. The first-order valence-corrected chi connectivity index (χ1v) is 11.9. The highest BCUT2D eigenvalue weighted by Gasteiger charge is 2.46. The van der Waals surface area contributed by atoms with Crippen molar-refractivity contribution in [2.24, 2.45) is 28.8 Å². The SMILES string of the molecule is O=C(NN=C1C2CC3CC(C2)CC1C3)c1cccc(S(=O)(=O)N2CCCC2)c1. The van der Waals surface area contributed by atoms with Crippen LogP contribution in [0.15, 0.2) is 34.3 Å². The van der Waals surface area contributed by atoms with E-state index in [2.05, 4.69) is 10.5 Å². The number of hydrazone groups is 1. The second kappa shape index (κ2) is 6.95. The molecule has 0 aromatic heterocycles. The van der Waals surface area contributed by atoms with Crippen molar-refractivity contribution in [1.82, 2.24) is 9.73 Å². The van der Waals surface area contributed by atoms with Gasteiger partial charge in [0, 0.05) is 24.4 Å². The van der Waals surface area contributed by atoms with E-state index >= 15 is 0 Å². The Morgan fingerprint density at radius 3 is 2.29 bits per heavy atom. The van der Waals surface area contributed by atoms with E-state index in [1.807, 2.05) is 0 Å². The van der Waals surface area contributed by atoms with E-state index in [1.54, 1.807) is 18.2 Å². The molecule has 1 heterocycles. The predicted molar refractivity (Wildman–Crippen MR) is 106 cm³/mol. The molecule has 28 heavy (non-hydrogen) atoms. The summed E-state index contributed by atoms with van der Waals surface area (Å²) in [6.45, 7) is 1.11. The van der Waals surface area contributed by atoms with Gasteiger partial charge in [0.15, 0.2) is 0 Å². The van der Waals surface area contributed by atoms with Gasteiger partial charge in [-0.05, 0) is 86.8 Å². The van der Waals surface area contributed by atoms with Gasteiger partial charge in [0.25, 0.3) is 5.91 Å². The standard InChI is InChI=1S/C21H27N3O3S/c25-21(23-22-20-17-9-14-8-15(11-17)12-18(20)10-14)16-4-3-5-19(13-16)28(26,27)24-6-1-2-7-24/h3-5,13-15,17-18H,1-2,6-12H2,(H,23,25). The molecule has 0 atom stereocenters. The fraction of sp³-hybridized carbons (Fsp3) is 0.619. The molecular weight excluding hydrogens is 374 g/mol. The lowest BCUT2D eigenvalue weighted by Crippen LogP contribution is -2.46. The van der Waals surface area contributed by atoms with E-state index < -0.39 is 10.0 Å². The molecular formula is C21H27N3O3S. The van der Waals surface area contributed by atoms with Crippen LogP contribution in [-0.2, 0) is 10.0 Å². The smallest absolute Gasteiger partial charge is 0.267 e. The second-order valence-electron chi connectivity index (χ2n) is 8.92. The lowest BCUT2D eigenvalue weighted by atomic mass is 9.55. The molecule has 150 valence electrons. The molecule has 5 fully saturated rings. The van der Waals surface area contributed by atoms with Crippen LogP contribution in [0.2, 0.25) is 0 Å². The number of nitrogens with one attached hydrogen (secondary N) is 1. The summed E-state index contributed by atoms with van der Waals surface area (Å²) in [5, 5.41) is 4.53. The van der Waals surface area contributed by atoms with Crippen LogP contribution in [0.25, 0.3) is 0 Å². The third-order valence-electron chi connectivity index (χ3n) is 7.06. The fourth-order valence-corrected chi connectivity index (χ4v) is 7.47. The van der Waals surface area contributed by atoms with Gasteiger partial charge < -0.3 is 0 Å². The van der Waals surface area contributed by atoms with Gasteiger partial charge in [-0.2, -0.15) is 9.41 Å². The van der Waals surface area contributed by atoms with E-state index in [0.29, 0.717) is 30.5 Å². The summed E-state index contributed by atoms with van der Waals surface area (Å²) >= 11 is 0. The Balaban J connectivity index is 1.32. The molecule has 0 spiro atoms. The van der Waals surface area contributed by atoms with Crippen LogP contribution in [-0.4, -0.2) is 37.4 Å². The molecule has 1 amide bonds. The molecule has 0 radical (unpaired) electrons. The van der Waals surface area contributed by atoms with Crippen molar-refractivity contribution in [1.29, 1.82) is 0 Å². The topological polar surface area (TPSA) is 78.8 Å². The Morgan fingerprint density at radius 2 is 1.64 bits per heavy atom. The zero-order valence-electron chi connectivity index (χ0n) is 16.0. The molecule has 1 saturated heterocycles. The lowest BCUT2D eigenvalue weighted by Gasteiger charge is -2.50. The van der Waals surface area contributed by atoms with Gasteiger partial charge in [-0.3, -0.25) is 4.79 Å². The summed E-state index contributed by atoms with van der Waals surface area (Å²) in [5.74, 6) is 2.42. The number of carbonyl (C=O) groups is 1. The fourth-order valence-electron chi connectivity index (χ4n) is 5.90. The maximum atomic E-state index is 12.7. The van der Waals surface area contributed by atoms with Gasteiger partial charge in [-0.15, -0.1) is 0 Å². The minimum Gasteiger partial charge on any atom is -0.267 e. The van der Waals surface area contributed by atoms with Gasteiger partial charge in [-0.25, -0.2) is 13.8 Å². The number of hydrogen-bond donors (Lipinski definition) is 1. The summed E-state index contributed by atoms with van der Waals surface area (Å²) in [6.07, 6.45) is 8.01. The number of rotatable bonds is 4. The Hall–Kier alpha value is -1.73. The second-order valence-corrected chi connectivity index (χ2v) is 10.9. The first kappa shape index (κ1) is 18.3. The average molecular weight is 402 g/mol. The highest BCUT2D eigenvalue weighted by atomic mass is 32.2. The normalized spacial score (nSPS) is 31.9. The zero-order valence-corrected chi connectivity index (χ0v) is 16.8. The van der Waals surface area contributed by atoms with Crippen LogP contribution in [0.5, 0.6) is 0 Å². The highest BCUT2D eigenvalue weighted by molar-refractivity contribution is 7.89. The summed E-state index contributed by atoms with van der Waals surface area (Å²) in [5.41, 5.74) is 4.22. The Labute approximate surface area is 166 Å². The first-order chi connectivity index (χ1) is 13.5. The van der Waals surface area contributed by atoms with Gasteiger partial charge in [0.1, 0.15) is 0 Å². The predicted octanol–water partition coefficient (Wildman–Crippen LogP) is 3.01. The molecule has 4 bridgehead atoms. The maximum absolute atomic E-state index is 12.7. The third kappa shape index (κ3) is 3.18. The van der Waals surface area contributed by atoms with Crippen molar-refractivity contribution in [3.63, 3.8) is 0 Å². The monoisotopic (exact) mass is 401 g/mol. The average Bonchev–Trinajstić information content (AvgIpc) is 3.22. The van der Waals surface area contributed by atoms with Crippen molar-refractivity contribution in [2.45, 2.75) is 49.8 Å². The van der Waals surface area contributed by atoms with Crippen molar-refractivity contribution < 1.29 is 13.2 Å². The number of benzene rings is 1. The number of amides is 1. The molecule has 1 aliphatic heterocycles. The van der Waals surface area contributed by atoms with E-state index in [0.717, 1.165) is 24.7 Å². The van der Waals surface area contributed by atoms with Crippen molar-refractivity contribution in [3.8, 4) is 0 Å². The summed E-state index contributed by atoms with van der Waals surface area (Å²) in [6, 6.07) is 6.32. The van der Waals surface area contributed by atoms with Crippen molar-refractivity contribution in [3.05, 3.63) is 29.8 Å². The van der Waals surface area contributed by atoms with Gasteiger partial charge >= 0.3 is 0 Å². The highest BCUT2D eigenvalue weighted by Crippen LogP contribution is 2.52. The summed E-state index contributed by atoms with van der Waals surface area (Å²) in [4.78, 5) is 12.8. The van der Waals surface area contributed by atoms with Crippen LogP contribution in [0.3, 0.4) is 0 Å². The lowest BCUT2D eigenvalue weighted by molar-refractivity contribution is 0.0942. The van der Waals surface area contributed by atoms with E-state index in [-0.39, 0.29) is 10.8 Å². The molecule has 1 N–H and O–H groups in total. The summed E-state index contributed by atoms with van der Waals surface area (Å²) in [7, 11) is -3.53. The third-order valence-corrected chi connectivity index (χ3v) is 8.95. The Bertz CT molecular complexity index is 889. The van der Waals surface area contributed by atoms with Crippen LogP contribution in [0.1, 0.15) is 55.3 Å². The van der Waals surface area contributed by atoms with Gasteiger partial charge in [0.05, 0.1) is 4.90 Å². The molecule has 1 aromatic rings. The molecule has 1 aromatic carbocycles. The quantitative estimate of drug-likeness (QED) is 0.788. The molecule has 4 aliphatic carbocycles. The number of hydrogen-bond acceptors (Lipinski definition) is 4. The van der Waals surface area contributed by atoms with Crippen LogP contribution < -0.4 is 5.43 Å². The number of sulfonamides is 1. The maximum Gasteiger partial charge on any atom is 0.271 e. The number of carbonyl (C=O) groups excluding carboxylic acids is 1. The first-order valence-electron chi connectivity index (χ1n) is 10.5. The largest absolute Gasteiger partial charge is 0.271 e. The molecule has 5 aliphatic rings. The van der Waals surface area contributed by atoms with Crippen LogP contribution >= 0.6 is 0 Å². The molecule has 4 saturated carbocycles. The Kier molecular flexibility index (Phi) is 4.55. The van der Waals surface area contributed by atoms with E-state index in [9.17, 15) is 13.2 Å². The van der Waals surface area contributed by atoms with Crippen molar-refractivity contribution in [2.75, 3.05) is 13.1 Å². The molecule has 6 rings (SSSR count). The van der Waals surface area contributed by atoms with Crippen LogP contribution in [0.4, 0.5) is 0 Å². The molecule has 7 heteroatoms. The minimum atomic E-state index is -3.53. The zero-order chi connectivity index (χ0) is 19.3. The Morgan fingerprint density at radius 1 is 1.00 bits per heavy atom. The van der Waals surface area contributed by atoms with E-state index in [4.69, 9.17) is 0 Å². The van der Waals surface area contributed by atoms with Crippen molar-refractivity contribution >= 4 is 21.6 Å². The van der Waals surface area contributed by atoms with Gasteiger partial charge in [-0.1, -0.05) is 6.07 Å². The van der Waals surface area contributed by atoms with E-state index in [1.165, 1.54) is 48.2 Å². The molecule has 6 nitrogen and oxygen atoms in total. The summed E-state index contributed by atoms with van der Waals surface area (Å²) < 4.78 is 27.0. The molecule has 0 unspecified atom stereocenters. The van der Waals surface area contributed by atoms with Gasteiger partial charge in [0.2, 0.25) is 10.0 Å². The minimum absolute atomic E-state index is 0.185. The van der Waals surface area contributed by atoms with Crippen LogP contribution in [0, 0.1) is 23.7 Å².